The second-order valence-corrected chi connectivity index (χ2v) is 8.24. The van der Waals surface area contributed by atoms with E-state index in [1.165, 1.54) is 0 Å². The van der Waals surface area contributed by atoms with E-state index < -0.39 is 10.2 Å². The molecule has 1 saturated heterocycles. The summed E-state index contributed by atoms with van der Waals surface area (Å²) in [6.45, 7) is 3.68. The summed E-state index contributed by atoms with van der Waals surface area (Å²) in [5.41, 5.74) is 0.966. The maximum Gasteiger partial charge on any atom is 0.280 e. The summed E-state index contributed by atoms with van der Waals surface area (Å²) in [4.78, 5) is 4.23. The highest BCUT2D eigenvalue weighted by Gasteiger charge is 2.31. The van der Waals surface area contributed by atoms with Crippen LogP contribution in [0.2, 0.25) is 0 Å². The van der Waals surface area contributed by atoms with Gasteiger partial charge in [0.2, 0.25) is 0 Å². The van der Waals surface area contributed by atoms with Crippen molar-refractivity contribution < 1.29 is 8.42 Å². The summed E-state index contributed by atoms with van der Waals surface area (Å²) >= 11 is 0. The predicted molar refractivity (Wildman–Crippen MR) is 98.1 cm³/mol. The quantitative estimate of drug-likeness (QED) is 0.823. The molecule has 0 radical (unpaired) electrons. The first kappa shape index (κ1) is 18.1. The highest BCUT2D eigenvalue weighted by molar-refractivity contribution is 7.87. The summed E-state index contributed by atoms with van der Waals surface area (Å²) in [6.07, 6.45) is 7.46. The van der Waals surface area contributed by atoms with Gasteiger partial charge in [-0.3, -0.25) is 0 Å². The fourth-order valence-electron chi connectivity index (χ4n) is 3.36. The van der Waals surface area contributed by atoms with Gasteiger partial charge in [0.1, 0.15) is 5.82 Å². The number of hydrogen-bond acceptors (Lipinski definition) is 3. The molecule has 1 N–H and O–H groups in total. The molecule has 0 unspecified atom stereocenters. The molecule has 0 amide bonds. The zero-order chi connectivity index (χ0) is 17.7. The standard InChI is InChI=1S/C18H26N4O2S/c1-16-19-11-14-21(16)13-10-18-9-5-6-12-22(18)25(23,24)20-15-17-7-3-2-4-8-17/h2-4,7-8,11,14,18,20H,5-6,9-10,12-13,15H2,1H3/t18-/m1/s1. The molecule has 2 aromatic rings. The first-order valence-electron chi connectivity index (χ1n) is 8.84. The van der Waals surface area contributed by atoms with Crippen molar-refractivity contribution in [3.8, 4) is 0 Å². The molecule has 0 saturated carbocycles. The van der Waals surface area contributed by atoms with Crippen molar-refractivity contribution in [2.45, 2.75) is 51.7 Å². The SMILES string of the molecule is Cc1nccn1CC[C@H]1CCCCN1S(=O)(=O)NCc1ccccc1. The van der Waals surface area contributed by atoms with E-state index in [1.54, 1.807) is 10.5 Å². The van der Waals surface area contributed by atoms with Crippen LogP contribution in [-0.4, -0.2) is 34.9 Å². The second kappa shape index (κ2) is 8.12. The normalized spacial score (nSPS) is 19.2. The van der Waals surface area contributed by atoms with Gasteiger partial charge < -0.3 is 4.57 Å². The molecule has 3 rings (SSSR count). The lowest BCUT2D eigenvalue weighted by molar-refractivity contribution is 0.230. The molecule has 1 aromatic carbocycles. The van der Waals surface area contributed by atoms with Crippen LogP contribution in [0, 0.1) is 6.92 Å². The fourth-order valence-corrected chi connectivity index (χ4v) is 4.85. The van der Waals surface area contributed by atoms with Crippen LogP contribution >= 0.6 is 0 Å². The van der Waals surface area contributed by atoms with Gasteiger partial charge in [0.05, 0.1) is 0 Å². The Labute approximate surface area is 150 Å². The lowest BCUT2D eigenvalue weighted by Gasteiger charge is -2.34. The predicted octanol–water partition coefficient (Wildman–Crippen LogP) is 2.47. The zero-order valence-electron chi connectivity index (χ0n) is 14.6. The molecule has 0 spiro atoms. The van der Waals surface area contributed by atoms with Crippen molar-refractivity contribution in [1.82, 2.24) is 18.6 Å². The van der Waals surface area contributed by atoms with E-state index in [0.717, 1.165) is 43.6 Å². The van der Waals surface area contributed by atoms with E-state index in [2.05, 4.69) is 14.3 Å². The number of rotatable bonds is 7. The van der Waals surface area contributed by atoms with Gasteiger partial charge in [-0.25, -0.2) is 4.98 Å². The third-order valence-electron chi connectivity index (χ3n) is 4.81. The lowest BCUT2D eigenvalue weighted by Crippen LogP contribution is -2.49. The minimum atomic E-state index is -3.47. The molecule has 1 aliphatic rings. The van der Waals surface area contributed by atoms with E-state index in [4.69, 9.17) is 0 Å². The van der Waals surface area contributed by atoms with E-state index in [0.29, 0.717) is 13.1 Å². The molecule has 25 heavy (non-hydrogen) atoms. The first-order chi connectivity index (χ1) is 12.1. The number of nitrogens with zero attached hydrogens (tertiary/aromatic N) is 3. The molecule has 1 atom stereocenters. The number of benzene rings is 1. The minimum Gasteiger partial charge on any atom is -0.335 e. The van der Waals surface area contributed by atoms with Gasteiger partial charge in [0, 0.05) is 38.1 Å². The van der Waals surface area contributed by atoms with Crippen LogP contribution in [0.1, 0.15) is 37.1 Å². The van der Waals surface area contributed by atoms with Crippen LogP contribution in [0.15, 0.2) is 42.7 Å². The van der Waals surface area contributed by atoms with Crippen LogP contribution in [0.25, 0.3) is 0 Å². The first-order valence-corrected chi connectivity index (χ1v) is 10.3. The summed E-state index contributed by atoms with van der Waals surface area (Å²) in [5.74, 6) is 0.965. The molecule has 0 bridgehead atoms. The zero-order valence-corrected chi connectivity index (χ0v) is 15.5. The highest BCUT2D eigenvalue weighted by Crippen LogP contribution is 2.23. The Morgan fingerprint density at radius 2 is 2.04 bits per heavy atom. The molecule has 136 valence electrons. The van der Waals surface area contributed by atoms with Gasteiger partial charge in [-0.2, -0.15) is 17.4 Å². The molecule has 0 aliphatic carbocycles. The summed E-state index contributed by atoms with van der Waals surface area (Å²) in [5, 5.41) is 0. The number of aryl methyl sites for hydroxylation is 2. The molecular formula is C18H26N4O2S. The minimum absolute atomic E-state index is 0.0452. The van der Waals surface area contributed by atoms with Crippen molar-refractivity contribution in [3.63, 3.8) is 0 Å². The molecule has 1 fully saturated rings. The van der Waals surface area contributed by atoms with Crippen molar-refractivity contribution in [2.24, 2.45) is 0 Å². The molecule has 6 nitrogen and oxygen atoms in total. The topological polar surface area (TPSA) is 67.2 Å². The third-order valence-corrected chi connectivity index (χ3v) is 6.42. The maximum absolute atomic E-state index is 12.8. The summed E-state index contributed by atoms with van der Waals surface area (Å²) in [6, 6.07) is 9.66. The van der Waals surface area contributed by atoms with E-state index >= 15 is 0 Å². The Hall–Kier alpha value is -1.70. The van der Waals surface area contributed by atoms with Crippen LogP contribution in [0.3, 0.4) is 0 Å². The van der Waals surface area contributed by atoms with Gasteiger partial charge in [-0.05, 0) is 31.7 Å². The lowest BCUT2D eigenvalue weighted by atomic mass is 10.0. The maximum atomic E-state index is 12.8. The number of piperidine rings is 1. The van der Waals surface area contributed by atoms with Crippen LogP contribution in [-0.2, 0) is 23.3 Å². The highest BCUT2D eigenvalue weighted by atomic mass is 32.2. The Morgan fingerprint density at radius 3 is 2.76 bits per heavy atom. The number of nitrogens with one attached hydrogen (secondary N) is 1. The smallest absolute Gasteiger partial charge is 0.280 e. The van der Waals surface area contributed by atoms with E-state index in [1.807, 2.05) is 43.5 Å². The Balaban J connectivity index is 1.63. The van der Waals surface area contributed by atoms with Crippen LogP contribution in [0.4, 0.5) is 0 Å². The molecule has 2 heterocycles. The number of hydrogen-bond donors (Lipinski definition) is 1. The fraction of sp³-hybridized carbons (Fsp3) is 0.500. The van der Waals surface area contributed by atoms with Crippen molar-refractivity contribution in [1.29, 1.82) is 0 Å². The molecule has 1 aliphatic heterocycles. The van der Waals surface area contributed by atoms with Gasteiger partial charge in [0.25, 0.3) is 10.2 Å². The van der Waals surface area contributed by atoms with Crippen molar-refractivity contribution >= 4 is 10.2 Å². The largest absolute Gasteiger partial charge is 0.335 e. The monoisotopic (exact) mass is 362 g/mol. The van der Waals surface area contributed by atoms with Gasteiger partial charge in [-0.15, -0.1) is 0 Å². The Kier molecular flexibility index (Phi) is 5.88. The average Bonchev–Trinajstić information content (AvgIpc) is 3.04. The molecular weight excluding hydrogens is 336 g/mol. The van der Waals surface area contributed by atoms with Gasteiger partial charge >= 0.3 is 0 Å². The van der Waals surface area contributed by atoms with Crippen LogP contribution < -0.4 is 4.72 Å². The van der Waals surface area contributed by atoms with Crippen LogP contribution in [0.5, 0.6) is 0 Å². The summed E-state index contributed by atoms with van der Waals surface area (Å²) in [7, 11) is -3.47. The third kappa shape index (κ3) is 4.68. The van der Waals surface area contributed by atoms with Crippen molar-refractivity contribution in [3.05, 3.63) is 54.1 Å². The van der Waals surface area contributed by atoms with E-state index in [9.17, 15) is 8.42 Å². The number of aromatic nitrogens is 2. The Morgan fingerprint density at radius 1 is 1.24 bits per heavy atom. The molecule has 7 heteroatoms. The average molecular weight is 362 g/mol. The van der Waals surface area contributed by atoms with E-state index in [-0.39, 0.29) is 6.04 Å². The number of imidazole rings is 1. The second-order valence-electron chi connectivity index (χ2n) is 6.53. The van der Waals surface area contributed by atoms with Gasteiger partial charge in [0.15, 0.2) is 0 Å². The van der Waals surface area contributed by atoms with Gasteiger partial charge in [-0.1, -0.05) is 36.8 Å². The Bertz CT molecular complexity index is 773. The molecule has 1 aromatic heterocycles. The summed E-state index contributed by atoms with van der Waals surface area (Å²) < 4.78 is 32.1. The van der Waals surface area contributed by atoms with Crippen molar-refractivity contribution in [2.75, 3.05) is 6.54 Å².